The Balaban J connectivity index is 2.30. The van der Waals surface area contributed by atoms with Crippen LogP contribution in [-0.4, -0.2) is 9.97 Å². The zero-order chi connectivity index (χ0) is 12.3. The topological polar surface area (TPSA) is 45.8 Å². The summed E-state index contributed by atoms with van der Waals surface area (Å²) in [5.74, 6) is 1.41. The molecule has 0 aromatic carbocycles. The molecule has 0 bridgehead atoms. The lowest BCUT2D eigenvalue weighted by Gasteiger charge is -2.21. The molecule has 3 nitrogen and oxygen atoms in total. The Labute approximate surface area is 116 Å². The highest BCUT2D eigenvalue weighted by molar-refractivity contribution is 14.1. The molecule has 1 aliphatic rings. The van der Waals surface area contributed by atoms with E-state index in [1.807, 2.05) is 0 Å². The van der Waals surface area contributed by atoms with Crippen molar-refractivity contribution in [1.82, 2.24) is 9.97 Å². The summed E-state index contributed by atoms with van der Waals surface area (Å²) >= 11 is 2.11. The number of hydrogen-bond acceptors (Lipinski definition) is 2. The van der Waals surface area contributed by atoms with Crippen molar-refractivity contribution in [2.24, 2.45) is 0 Å². The number of nitrogens with zero attached hydrogens (tertiary/aromatic N) is 1. The second-order valence-corrected chi connectivity index (χ2v) is 5.88. The first-order valence-corrected chi connectivity index (χ1v) is 7.58. The molecule has 0 unspecified atom stereocenters. The molecule has 0 saturated heterocycles. The maximum atomic E-state index is 11.9. The van der Waals surface area contributed by atoms with Crippen LogP contribution in [0, 0.1) is 3.57 Å². The van der Waals surface area contributed by atoms with Crippen LogP contribution in [0.15, 0.2) is 4.79 Å². The smallest absolute Gasteiger partial charge is 0.264 e. The molecule has 1 aromatic rings. The molecule has 17 heavy (non-hydrogen) atoms. The second kappa shape index (κ2) is 5.98. The van der Waals surface area contributed by atoms with Gasteiger partial charge in [0.2, 0.25) is 0 Å². The fourth-order valence-electron chi connectivity index (χ4n) is 2.50. The second-order valence-electron chi connectivity index (χ2n) is 4.80. The summed E-state index contributed by atoms with van der Waals surface area (Å²) in [6.45, 7) is 2.12. The van der Waals surface area contributed by atoms with Crippen LogP contribution < -0.4 is 5.56 Å². The normalized spacial score (nSPS) is 17.3. The highest BCUT2D eigenvalue weighted by Gasteiger charge is 2.19. The Morgan fingerprint density at radius 1 is 1.35 bits per heavy atom. The largest absolute Gasteiger partial charge is 0.309 e. The van der Waals surface area contributed by atoms with E-state index in [0.29, 0.717) is 5.92 Å². The van der Waals surface area contributed by atoms with Crippen LogP contribution in [0.5, 0.6) is 0 Å². The van der Waals surface area contributed by atoms with Crippen molar-refractivity contribution in [3.8, 4) is 0 Å². The fourth-order valence-corrected chi connectivity index (χ4v) is 3.02. The summed E-state index contributed by atoms with van der Waals surface area (Å²) in [6, 6.07) is 0. The van der Waals surface area contributed by atoms with Crippen LogP contribution in [0.3, 0.4) is 0 Å². The lowest BCUT2D eigenvalue weighted by molar-refractivity contribution is 0.426. The van der Waals surface area contributed by atoms with Gasteiger partial charge in [0.25, 0.3) is 5.56 Å². The van der Waals surface area contributed by atoms with Crippen LogP contribution in [0.1, 0.15) is 62.9 Å². The summed E-state index contributed by atoms with van der Waals surface area (Å²) < 4.78 is 0.768. The molecule has 94 valence electrons. The first kappa shape index (κ1) is 13.1. The Bertz CT molecular complexity index is 436. The number of aromatic nitrogens is 2. The van der Waals surface area contributed by atoms with E-state index in [1.165, 1.54) is 32.1 Å². The summed E-state index contributed by atoms with van der Waals surface area (Å²) in [6.07, 6.45) is 8.16. The van der Waals surface area contributed by atoms with Crippen molar-refractivity contribution in [2.75, 3.05) is 0 Å². The fraction of sp³-hybridized carbons (Fsp3) is 0.692. The number of aryl methyl sites for hydroxylation is 1. The maximum absolute atomic E-state index is 11.9. The van der Waals surface area contributed by atoms with Gasteiger partial charge >= 0.3 is 0 Å². The van der Waals surface area contributed by atoms with Crippen LogP contribution in [0.25, 0.3) is 0 Å². The van der Waals surface area contributed by atoms with Gasteiger partial charge < -0.3 is 4.98 Å². The SMILES string of the molecule is CCCc1nc(C2CCCCC2)[nH]c(=O)c1I. The molecule has 1 saturated carbocycles. The van der Waals surface area contributed by atoms with E-state index in [2.05, 4.69) is 39.5 Å². The van der Waals surface area contributed by atoms with Gasteiger partial charge in [-0.1, -0.05) is 32.6 Å². The van der Waals surface area contributed by atoms with E-state index in [-0.39, 0.29) is 5.56 Å². The predicted molar refractivity (Wildman–Crippen MR) is 77.4 cm³/mol. The number of rotatable bonds is 3. The molecule has 1 aliphatic carbocycles. The quantitative estimate of drug-likeness (QED) is 0.853. The van der Waals surface area contributed by atoms with Gasteiger partial charge in [0.15, 0.2) is 0 Å². The van der Waals surface area contributed by atoms with Crippen molar-refractivity contribution in [3.63, 3.8) is 0 Å². The Morgan fingerprint density at radius 2 is 2.06 bits per heavy atom. The molecule has 2 rings (SSSR count). The zero-order valence-corrected chi connectivity index (χ0v) is 12.4. The van der Waals surface area contributed by atoms with E-state index >= 15 is 0 Å². The van der Waals surface area contributed by atoms with Gasteiger partial charge in [0.05, 0.1) is 9.26 Å². The van der Waals surface area contributed by atoms with Crippen LogP contribution in [0.4, 0.5) is 0 Å². The molecule has 0 atom stereocenters. The highest BCUT2D eigenvalue weighted by atomic mass is 127. The lowest BCUT2D eigenvalue weighted by atomic mass is 9.88. The van der Waals surface area contributed by atoms with Gasteiger partial charge in [0, 0.05) is 5.92 Å². The lowest BCUT2D eigenvalue weighted by Crippen LogP contribution is -2.21. The van der Waals surface area contributed by atoms with Crippen molar-refractivity contribution in [3.05, 3.63) is 25.4 Å². The molecular weight excluding hydrogens is 327 g/mol. The Hall–Kier alpha value is -0.390. The van der Waals surface area contributed by atoms with Gasteiger partial charge in [-0.15, -0.1) is 0 Å². The van der Waals surface area contributed by atoms with Gasteiger partial charge in [-0.05, 0) is 41.9 Å². The van der Waals surface area contributed by atoms with Crippen molar-refractivity contribution in [1.29, 1.82) is 0 Å². The monoisotopic (exact) mass is 346 g/mol. The Kier molecular flexibility index (Phi) is 4.59. The average Bonchev–Trinajstić information content (AvgIpc) is 2.36. The number of aromatic amines is 1. The van der Waals surface area contributed by atoms with E-state index in [4.69, 9.17) is 0 Å². The molecule has 1 N–H and O–H groups in total. The molecule has 1 fully saturated rings. The molecule has 0 aliphatic heterocycles. The first-order valence-electron chi connectivity index (χ1n) is 6.51. The predicted octanol–water partition coefficient (Wildman–Crippen LogP) is 3.37. The third-order valence-electron chi connectivity index (χ3n) is 3.43. The standard InChI is InChI=1S/C13H19IN2O/c1-2-6-10-11(14)13(17)16-12(15-10)9-7-4-3-5-8-9/h9H,2-8H2,1H3,(H,15,16,17). The highest BCUT2D eigenvalue weighted by Crippen LogP contribution is 2.30. The summed E-state index contributed by atoms with van der Waals surface area (Å²) in [5.41, 5.74) is 1.03. The van der Waals surface area contributed by atoms with Crippen molar-refractivity contribution < 1.29 is 0 Å². The third kappa shape index (κ3) is 3.09. The molecule has 1 heterocycles. The first-order chi connectivity index (χ1) is 8.22. The van der Waals surface area contributed by atoms with Crippen molar-refractivity contribution in [2.45, 2.75) is 57.8 Å². The van der Waals surface area contributed by atoms with Crippen molar-refractivity contribution >= 4 is 22.6 Å². The van der Waals surface area contributed by atoms with Gasteiger partial charge in [0.1, 0.15) is 5.82 Å². The molecule has 0 radical (unpaired) electrons. The molecule has 1 aromatic heterocycles. The van der Waals surface area contributed by atoms with Crippen LogP contribution in [-0.2, 0) is 6.42 Å². The zero-order valence-electron chi connectivity index (χ0n) is 10.3. The minimum Gasteiger partial charge on any atom is -0.309 e. The average molecular weight is 346 g/mol. The molecule has 0 spiro atoms. The van der Waals surface area contributed by atoms with Gasteiger partial charge in [-0.25, -0.2) is 4.98 Å². The number of hydrogen-bond donors (Lipinski definition) is 1. The number of H-pyrrole nitrogens is 1. The number of halogens is 1. The Morgan fingerprint density at radius 3 is 2.71 bits per heavy atom. The van der Waals surface area contributed by atoms with E-state index in [9.17, 15) is 4.79 Å². The van der Waals surface area contributed by atoms with E-state index in [1.54, 1.807) is 0 Å². The number of nitrogens with one attached hydrogen (secondary N) is 1. The molecular formula is C13H19IN2O. The van der Waals surface area contributed by atoms with E-state index in [0.717, 1.165) is 27.9 Å². The summed E-state index contributed by atoms with van der Waals surface area (Å²) in [4.78, 5) is 19.5. The summed E-state index contributed by atoms with van der Waals surface area (Å²) in [5, 5.41) is 0. The maximum Gasteiger partial charge on any atom is 0.264 e. The van der Waals surface area contributed by atoms with Crippen LogP contribution in [0.2, 0.25) is 0 Å². The van der Waals surface area contributed by atoms with Gasteiger partial charge in [-0.2, -0.15) is 0 Å². The molecule has 4 heteroatoms. The van der Waals surface area contributed by atoms with E-state index < -0.39 is 0 Å². The minimum absolute atomic E-state index is 0.0459. The third-order valence-corrected chi connectivity index (χ3v) is 4.54. The van der Waals surface area contributed by atoms with Crippen LogP contribution >= 0.6 is 22.6 Å². The summed E-state index contributed by atoms with van der Waals surface area (Å²) in [7, 11) is 0. The molecule has 0 amide bonds. The van der Waals surface area contributed by atoms with Gasteiger partial charge in [-0.3, -0.25) is 4.79 Å². The minimum atomic E-state index is 0.0459.